The van der Waals surface area contributed by atoms with Crippen molar-refractivity contribution in [1.82, 2.24) is 19.9 Å². The maximum Gasteiger partial charge on any atom is 0.242 e. The second-order valence-corrected chi connectivity index (χ2v) is 8.32. The number of aryl methyl sites for hydroxylation is 1. The molecule has 3 aromatic rings. The van der Waals surface area contributed by atoms with Crippen molar-refractivity contribution in [2.75, 3.05) is 38.2 Å². The van der Waals surface area contributed by atoms with Crippen molar-refractivity contribution >= 4 is 34.8 Å². The van der Waals surface area contributed by atoms with Gasteiger partial charge in [-0.05, 0) is 31.2 Å². The van der Waals surface area contributed by atoms with Crippen LogP contribution in [0.1, 0.15) is 5.01 Å². The zero-order valence-electron chi connectivity index (χ0n) is 16.2. The molecule has 0 bridgehead atoms. The van der Waals surface area contributed by atoms with Crippen LogP contribution in [0.5, 0.6) is 0 Å². The second kappa shape index (κ2) is 9.03. The fourth-order valence-electron chi connectivity index (χ4n) is 3.05. The van der Waals surface area contributed by atoms with E-state index < -0.39 is 5.82 Å². The van der Waals surface area contributed by atoms with Gasteiger partial charge in [0.15, 0.2) is 0 Å². The number of thiazole rings is 1. The van der Waals surface area contributed by atoms with Crippen LogP contribution < -0.4 is 5.32 Å². The van der Waals surface area contributed by atoms with Crippen LogP contribution in [0.4, 0.5) is 10.3 Å². The van der Waals surface area contributed by atoms with Crippen molar-refractivity contribution in [2.45, 2.75) is 6.92 Å². The van der Waals surface area contributed by atoms with Crippen LogP contribution in [0.3, 0.4) is 0 Å². The summed E-state index contributed by atoms with van der Waals surface area (Å²) in [7, 11) is 0. The molecule has 0 spiro atoms. The molecule has 1 aromatic carbocycles. The molecule has 1 aliphatic rings. The predicted molar refractivity (Wildman–Crippen MR) is 114 cm³/mol. The molecule has 1 fully saturated rings. The van der Waals surface area contributed by atoms with Gasteiger partial charge in [0.05, 0.1) is 46.1 Å². The molecule has 0 aliphatic carbocycles. The van der Waals surface area contributed by atoms with Crippen molar-refractivity contribution < 1.29 is 13.9 Å². The zero-order chi connectivity index (χ0) is 21.1. The van der Waals surface area contributed by atoms with E-state index >= 15 is 0 Å². The standard InChI is InChI=1S/C20H19ClFN5O2S/c1-12-23-10-18(30-12)17-9-16(14-3-2-13(22)8-15(14)21)25-20(26-17)24-11-19(28)27-4-6-29-7-5-27/h2-3,8-10H,4-7,11H2,1H3,(H,24,25,26). The normalized spacial score (nSPS) is 14.0. The third-order valence-electron chi connectivity index (χ3n) is 4.57. The van der Waals surface area contributed by atoms with Gasteiger partial charge < -0.3 is 15.0 Å². The lowest BCUT2D eigenvalue weighted by Gasteiger charge is -2.26. The van der Waals surface area contributed by atoms with E-state index in [0.29, 0.717) is 43.3 Å². The van der Waals surface area contributed by atoms with Crippen molar-refractivity contribution in [1.29, 1.82) is 0 Å². The maximum atomic E-state index is 13.5. The van der Waals surface area contributed by atoms with Crippen LogP contribution in [0.2, 0.25) is 5.02 Å². The van der Waals surface area contributed by atoms with E-state index in [4.69, 9.17) is 16.3 Å². The highest BCUT2D eigenvalue weighted by Crippen LogP contribution is 2.32. The largest absolute Gasteiger partial charge is 0.378 e. The summed E-state index contributed by atoms with van der Waals surface area (Å²) in [6, 6.07) is 5.92. The molecule has 30 heavy (non-hydrogen) atoms. The first kappa shape index (κ1) is 20.6. The minimum atomic E-state index is -0.425. The number of carbonyl (C=O) groups is 1. The topological polar surface area (TPSA) is 80.2 Å². The van der Waals surface area contributed by atoms with E-state index in [9.17, 15) is 9.18 Å². The summed E-state index contributed by atoms with van der Waals surface area (Å²) < 4.78 is 18.8. The van der Waals surface area contributed by atoms with Crippen LogP contribution >= 0.6 is 22.9 Å². The predicted octanol–water partition coefficient (Wildman–Crippen LogP) is 3.64. The lowest BCUT2D eigenvalue weighted by atomic mass is 10.1. The molecule has 4 rings (SSSR count). The fourth-order valence-corrected chi connectivity index (χ4v) is 4.05. The Morgan fingerprint density at radius 2 is 2.03 bits per heavy atom. The van der Waals surface area contributed by atoms with Gasteiger partial charge in [-0.25, -0.2) is 19.3 Å². The van der Waals surface area contributed by atoms with Crippen molar-refractivity contribution in [3.8, 4) is 21.8 Å². The molecule has 1 amide bonds. The lowest BCUT2D eigenvalue weighted by Crippen LogP contribution is -2.43. The number of anilines is 1. The lowest BCUT2D eigenvalue weighted by molar-refractivity contribution is -0.133. The SMILES string of the molecule is Cc1ncc(-c2cc(-c3ccc(F)cc3Cl)nc(NCC(=O)N3CCOCC3)n2)s1. The minimum Gasteiger partial charge on any atom is -0.378 e. The minimum absolute atomic E-state index is 0.0534. The first-order valence-electron chi connectivity index (χ1n) is 9.36. The second-order valence-electron chi connectivity index (χ2n) is 6.68. The van der Waals surface area contributed by atoms with Gasteiger partial charge in [0.1, 0.15) is 5.82 Å². The van der Waals surface area contributed by atoms with Gasteiger partial charge in [-0.1, -0.05) is 11.6 Å². The Labute approximate surface area is 181 Å². The summed E-state index contributed by atoms with van der Waals surface area (Å²) in [5.74, 6) is -0.191. The number of halogens is 2. The fraction of sp³-hybridized carbons (Fsp3) is 0.300. The van der Waals surface area contributed by atoms with E-state index in [1.165, 1.54) is 23.5 Å². The Kier molecular flexibility index (Phi) is 6.21. The molecular formula is C20H19ClFN5O2S. The first-order valence-corrected chi connectivity index (χ1v) is 10.6. The highest BCUT2D eigenvalue weighted by molar-refractivity contribution is 7.15. The third-order valence-corrected chi connectivity index (χ3v) is 5.82. The Morgan fingerprint density at radius 3 is 2.73 bits per heavy atom. The summed E-state index contributed by atoms with van der Waals surface area (Å²) in [6.07, 6.45) is 1.74. The summed E-state index contributed by atoms with van der Waals surface area (Å²) in [4.78, 5) is 28.4. The Morgan fingerprint density at radius 1 is 1.27 bits per heavy atom. The van der Waals surface area contributed by atoms with Gasteiger partial charge in [-0.2, -0.15) is 0 Å². The number of benzene rings is 1. The van der Waals surface area contributed by atoms with Crippen molar-refractivity contribution in [3.05, 3.63) is 46.3 Å². The Balaban J connectivity index is 1.64. The molecule has 10 heteroatoms. The van der Waals surface area contributed by atoms with Crippen LogP contribution in [-0.2, 0) is 9.53 Å². The number of nitrogens with zero attached hydrogens (tertiary/aromatic N) is 4. The van der Waals surface area contributed by atoms with E-state index in [-0.39, 0.29) is 23.4 Å². The van der Waals surface area contributed by atoms with E-state index in [2.05, 4.69) is 20.3 Å². The van der Waals surface area contributed by atoms with Crippen LogP contribution in [0.15, 0.2) is 30.5 Å². The molecule has 1 N–H and O–H groups in total. The average Bonchev–Trinajstić information content (AvgIpc) is 3.19. The van der Waals surface area contributed by atoms with E-state index in [0.717, 1.165) is 9.88 Å². The van der Waals surface area contributed by atoms with Crippen LogP contribution in [0.25, 0.3) is 21.8 Å². The number of morpholine rings is 1. The molecule has 1 saturated heterocycles. The number of nitrogens with one attached hydrogen (secondary N) is 1. The van der Waals surface area contributed by atoms with Crippen molar-refractivity contribution in [3.63, 3.8) is 0 Å². The van der Waals surface area contributed by atoms with Crippen molar-refractivity contribution in [2.24, 2.45) is 0 Å². The number of ether oxygens (including phenoxy) is 1. The average molecular weight is 448 g/mol. The summed E-state index contributed by atoms with van der Waals surface area (Å²) >= 11 is 7.74. The molecule has 7 nitrogen and oxygen atoms in total. The van der Waals surface area contributed by atoms with E-state index in [1.54, 1.807) is 23.2 Å². The number of hydrogen-bond acceptors (Lipinski definition) is 7. The molecule has 0 saturated carbocycles. The van der Waals surface area contributed by atoms with Gasteiger partial charge in [0.2, 0.25) is 11.9 Å². The van der Waals surface area contributed by atoms with Crippen LogP contribution in [-0.4, -0.2) is 58.6 Å². The summed E-state index contributed by atoms with van der Waals surface area (Å²) in [6.45, 7) is 4.18. The number of rotatable bonds is 5. The number of carbonyl (C=O) groups excluding carboxylic acids is 1. The van der Waals surface area contributed by atoms with Gasteiger partial charge in [0, 0.05) is 24.8 Å². The van der Waals surface area contributed by atoms with Gasteiger partial charge in [-0.3, -0.25) is 4.79 Å². The Bertz CT molecular complexity index is 1070. The summed E-state index contributed by atoms with van der Waals surface area (Å²) in [5.41, 5.74) is 1.75. The highest BCUT2D eigenvalue weighted by Gasteiger charge is 2.18. The molecule has 0 atom stereocenters. The van der Waals surface area contributed by atoms with Crippen LogP contribution in [0, 0.1) is 12.7 Å². The molecule has 156 valence electrons. The molecule has 3 heterocycles. The van der Waals surface area contributed by atoms with E-state index in [1.807, 2.05) is 6.92 Å². The number of aromatic nitrogens is 3. The molecule has 0 radical (unpaired) electrons. The number of hydrogen-bond donors (Lipinski definition) is 1. The Hall–Kier alpha value is -2.62. The first-order chi connectivity index (χ1) is 14.5. The zero-order valence-corrected chi connectivity index (χ0v) is 17.8. The molecule has 0 unspecified atom stereocenters. The number of amides is 1. The monoisotopic (exact) mass is 447 g/mol. The quantitative estimate of drug-likeness (QED) is 0.643. The molecular weight excluding hydrogens is 429 g/mol. The maximum absolute atomic E-state index is 13.5. The summed E-state index contributed by atoms with van der Waals surface area (Å²) in [5, 5.41) is 4.16. The highest BCUT2D eigenvalue weighted by atomic mass is 35.5. The molecule has 2 aromatic heterocycles. The smallest absolute Gasteiger partial charge is 0.242 e. The van der Waals surface area contributed by atoms with Gasteiger partial charge in [-0.15, -0.1) is 11.3 Å². The molecule has 1 aliphatic heterocycles. The van der Waals surface area contributed by atoms with Gasteiger partial charge in [0.25, 0.3) is 0 Å². The third kappa shape index (κ3) is 4.75. The van der Waals surface area contributed by atoms with Gasteiger partial charge >= 0.3 is 0 Å².